The van der Waals surface area contributed by atoms with Gasteiger partial charge in [-0.1, -0.05) is 25.5 Å². The monoisotopic (exact) mass is 350 g/mol. The second-order valence-electron chi connectivity index (χ2n) is 5.31. The van der Waals surface area contributed by atoms with Gasteiger partial charge in [-0.3, -0.25) is 0 Å². The number of hydrogen-bond acceptors (Lipinski definition) is 7. The normalized spacial score (nSPS) is 11.2. The summed E-state index contributed by atoms with van der Waals surface area (Å²) in [5, 5.41) is 19.2. The number of hydrogen-bond donors (Lipinski definition) is 3. The van der Waals surface area contributed by atoms with Gasteiger partial charge in [-0.05, 0) is 30.5 Å². The Kier molecular flexibility index (Phi) is 6.44. The molecule has 0 aliphatic rings. The van der Waals surface area contributed by atoms with E-state index in [1.165, 1.54) is 12.1 Å². The van der Waals surface area contributed by atoms with E-state index in [2.05, 4.69) is 32.7 Å². The van der Waals surface area contributed by atoms with Crippen LogP contribution in [0.4, 0.5) is 11.8 Å². The lowest BCUT2D eigenvalue weighted by molar-refractivity contribution is 0.598. The number of benzene rings is 1. The van der Waals surface area contributed by atoms with Gasteiger partial charge in [0.1, 0.15) is 5.82 Å². The quantitative estimate of drug-likeness (QED) is 0.584. The molecule has 4 N–H and O–H groups in total. The number of nitrogens with two attached hydrogens (primary N) is 1. The summed E-state index contributed by atoms with van der Waals surface area (Å²) in [5.74, 6) is 1.15. The molecule has 0 saturated heterocycles. The van der Waals surface area contributed by atoms with Crippen LogP contribution in [0.2, 0.25) is 0 Å². The molecule has 8 nitrogen and oxygen atoms in total. The van der Waals surface area contributed by atoms with E-state index in [9.17, 15) is 8.42 Å². The van der Waals surface area contributed by atoms with E-state index in [0.717, 1.165) is 24.9 Å². The molecule has 24 heavy (non-hydrogen) atoms. The largest absolute Gasteiger partial charge is 0.369 e. The van der Waals surface area contributed by atoms with Crippen LogP contribution in [0.15, 0.2) is 35.4 Å². The molecule has 0 aliphatic heterocycles. The maximum absolute atomic E-state index is 11.2. The predicted molar refractivity (Wildman–Crippen MR) is 93.2 cm³/mol. The zero-order chi connectivity index (χ0) is 17.4. The van der Waals surface area contributed by atoms with Crippen molar-refractivity contribution in [2.45, 2.75) is 31.1 Å². The van der Waals surface area contributed by atoms with Crippen LogP contribution >= 0.6 is 0 Å². The summed E-state index contributed by atoms with van der Waals surface area (Å²) in [6, 6.07) is 6.48. The van der Waals surface area contributed by atoms with Crippen LogP contribution in [0.5, 0.6) is 0 Å². The van der Waals surface area contributed by atoms with Gasteiger partial charge in [0.25, 0.3) is 0 Å². The number of nitrogens with one attached hydrogen (secondary N) is 2. The van der Waals surface area contributed by atoms with Crippen LogP contribution in [-0.2, 0) is 16.4 Å². The Morgan fingerprint density at radius 1 is 1.12 bits per heavy atom. The molecule has 0 radical (unpaired) electrons. The molecule has 0 unspecified atom stereocenters. The summed E-state index contributed by atoms with van der Waals surface area (Å²) >= 11 is 0. The van der Waals surface area contributed by atoms with Gasteiger partial charge in [-0.25, -0.2) is 13.6 Å². The van der Waals surface area contributed by atoms with Crippen molar-refractivity contribution in [3.05, 3.63) is 36.0 Å². The van der Waals surface area contributed by atoms with Crippen molar-refractivity contribution in [2.24, 2.45) is 5.14 Å². The van der Waals surface area contributed by atoms with Gasteiger partial charge in [-0.2, -0.15) is 10.1 Å². The summed E-state index contributed by atoms with van der Waals surface area (Å²) in [4.78, 5) is 4.44. The summed E-state index contributed by atoms with van der Waals surface area (Å²) in [6.45, 7) is 3.59. The van der Waals surface area contributed by atoms with Crippen molar-refractivity contribution in [1.82, 2.24) is 15.2 Å². The zero-order valence-electron chi connectivity index (χ0n) is 13.6. The third-order valence-electron chi connectivity index (χ3n) is 3.34. The molecule has 0 spiro atoms. The topological polar surface area (TPSA) is 123 Å². The fraction of sp³-hybridized carbons (Fsp3) is 0.400. The van der Waals surface area contributed by atoms with E-state index in [1.807, 2.05) is 0 Å². The smallest absolute Gasteiger partial charge is 0.244 e. The molecule has 130 valence electrons. The summed E-state index contributed by atoms with van der Waals surface area (Å²) < 4.78 is 22.4. The lowest BCUT2D eigenvalue weighted by atomic mass is 10.1. The van der Waals surface area contributed by atoms with Crippen LogP contribution in [-0.4, -0.2) is 36.7 Å². The van der Waals surface area contributed by atoms with Crippen molar-refractivity contribution in [3.63, 3.8) is 0 Å². The predicted octanol–water partition coefficient (Wildman–Crippen LogP) is 1.39. The number of sulfonamides is 1. The Morgan fingerprint density at radius 3 is 2.54 bits per heavy atom. The van der Waals surface area contributed by atoms with E-state index in [0.29, 0.717) is 24.7 Å². The van der Waals surface area contributed by atoms with E-state index in [1.54, 1.807) is 18.3 Å². The van der Waals surface area contributed by atoms with Crippen LogP contribution in [0, 0.1) is 0 Å². The molecular weight excluding hydrogens is 328 g/mol. The molecule has 1 heterocycles. The van der Waals surface area contributed by atoms with Gasteiger partial charge in [0, 0.05) is 13.1 Å². The van der Waals surface area contributed by atoms with Gasteiger partial charge in [0.15, 0.2) is 0 Å². The highest BCUT2D eigenvalue weighted by Crippen LogP contribution is 2.10. The first-order chi connectivity index (χ1) is 11.5. The molecule has 9 heteroatoms. The van der Waals surface area contributed by atoms with Gasteiger partial charge in [-0.15, -0.1) is 5.10 Å². The van der Waals surface area contributed by atoms with Crippen molar-refractivity contribution >= 4 is 21.8 Å². The van der Waals surface area contributed by atoms with Crippen molar-refractivity contribution in [1.29, 1.82) is 0 Å². The highest BCUT2D eigenvalue weighted by Gasteiger charge is 2.06. The Balaban J connectivity index is 1.84. The average Bonchev–Trinajstić information content (AvgIpc) is 2.55. The molecule has 0 bridgehead atoms. The number of aromatic nitrogens is 3. The first-order valence-electron chi connectivity index (χ1n) is 7.78. The molecule has 0 aliphatic carbocycles. The Hall–Kier alpha value is -2.26. The molecule has 2 rings (SSSR count). The van der Waals surface area contributed by atoms with Gasteiger partial charge >= 0.3 is 0 Å². The Morgan fingerprint density at radius 2 is 1.88 bits per heavy atom. The first-order valence-corrected chi connectivity index (χ1v) is 9.33. The lowest BCUT2D eigenvalue weighted by Gasteiger charge is -2.07. The minimum Gasteiger partial charge on any atom is -0.369 e. The number of unbranched alkanes of at least 4 members (excludes halogenated alkanes) is 1. The van der Waals surface area contributed by atoms with Crippen molar-refractivity contribution < 1.29 is 8.42 Å². The summed E-state index contributed by atoms with van der Waals surface area (Å²) in [7, 11) is -3.65. The Labute approximate surface area is 142 Å². The fourth-order valence-corrected chi connectivity index (χ4v) is 2.54. The van der Waals surface area contributed by atoms with E-state index < -0.39 is 10.0 Å². The first kappa shape index (κ1) is 18.1. The van der Waals surface area contributed by atoms with Crippen LogP contribution in [0.3, 0.4) is 0 Å². The molecule has 0 saturated carbocycles. The van der Waals surface area contributed by atoms with Crippen LogP contribution in [0.1, 0.15) is 25.3 Å². The molecule has 0 atom stereocenters. The zero-order valence-corrected chi connectivity index (χ0v) is 14.4. The second-order valence-corrected chi connectivity index (χ2v) is 6.87. The maximum Gasteiger partial charge on any atom is 0.244 e. The number of nitrogens with zero attached hydrogens (tertiary/aromatic N) is 3. The highest BCUT2D eigenvalue weighted by atomic mass is 32.2. The third kappa shape index (κ3) is 5.74. The molecule has 1 aromatic heterocycles. The molecule has 2 aromatic rings. The number of anilines is 2. The SMILES string of the molecule is CCCCNc1cnnc(NCCc2ccc(S(N)(=O)=O)cc2)n1. The minimum absolute atomic E-state index is 0.109. The minimum atomic E-state index is -3.65. The standard InChI is InChI=1S/C15H22N6O2S/c1-2-3-9-17-14-11-19-21-15(20-14)18-10-8-12-4-6-13(7-5-12)24(16,22)23/h4-7,11H,2-3,8-10H2,1H3,(H2,16,22,23)(H2,17,18,20,21). The molecule has 1 aromatic carbocycles. The lowest BCUT2D eigenvalue weighted by Crippen LogP contribution is -2.12. The average molecular weight is 350 g/mol. The molecule has 0 fully saturated rings. The van der Waals surface area contributed by atoms with Crippen LogP contribution < -0.4 is 15.8 Å². The highest BCUT2D eigenvalue weighted by molar-refractivity contribution is 7.89. The summed E-state index contributed by atoms with van der Waals surface area (Å²) in [6.07, 6.45) is 4.47. The van der Waals surface area contributed by atoms with Crippen LogP contribution in [0.25, 0.3) is 0 Å². The summed E-state index contributed by atoms with van der Waals surface area (Å²) in [5.41, 5.74) is 0.986. The molecular formula is C15H22N6O2S. The van der Waals surface area contributed by atoms with Gasteiger partial charge in [0.2, 0.25) is 16.0 Å². The maximum atomic E-state index is 11.2. The van der Waals surface area contributed by atoms with Crippen molar-refractivity contribution in [3.8, 4) is 0 Å². The second kappa shape index (κ2) is 8.55. The van der Waals surface area contributed by atoms with Gasteiger partial charge in [0.05, 0.1) is 11.1 Å². The third-order valence-corrected chi connectivity index (χ3v) is 4.27. The fourth-order valence-electron chi connectivity index (χ4n) is 2.02. The number of rotatable bonds is 9. The van der Waals surface area contributed by atoms with E-state index in [-0.39, 0.29) is 4.90 Å². The number of primary sulfonamides is 1. The van der Waals surface area contributed by atoms with E-state index >= 15 is 0 Å². The van der Waals surface area contributed by atoms with Gasteiger partial charge < -0.3 is 10.6 Å². The molecule has 0 amide bonds. The Bertz CT molecular complexity index is 749. The van der Waals surface area contributed by atoms with E-state index in [4.69, 9.17) is 5.14 Å². The van der Waals surface area contributed by atoms with Crippen molar-refractivity contribution in [2.75, 3.05) is 23.7 Å².